The van der Waals surface area contributed by atoms with Crippen LogP contribution in [0.1, 0.15) is 11.6 Å². The third kappa shape index (κ3) is 3.33. The second-order valence-electron chi connectivity index (χ2n) is 4.78. The molecule has 3 nitrogen and oxygen atoms in total. The van der Waals surface area contributed by atoms with Gasteiger partial charge in [-0.05, 0) is 33.6 Å². The summed E-state index contributed by atoms with van der Waals surface area (Å²) in [5.74, 6) is -3.91. The van der Waals surface area contributed by atoms with Crippen LogP contribution in [0.4, 0.5) is 13.2 Å². The average molecular weight is 353 g/mol. The molecule has 1 saturated heterocycles. The molecule has 0 unspecified atom stereocenters. The minimum Gasteiger partial charge on any atom is -0.390 e. The number of alkyl halides is 2. The Morgan fingerprint density at radius 3 is 2.55 bits per heavy atom. The van der Waals surface area contributed by atoms with Gasteiger partial charge in [0.1, 0.15) is 18.5 Å². The predicted molar refractivity (Wildman–Crippen MR) is 73.3 cm³/mol. The molecule has 1 atom stereocenters. The van der Waals surface area contributed by atoms with Gasteiger partial charge in [0.15, 0.2) is 0 Å². The zero-order valence-electron chi connectivity index (χ0n) is 10.8. The van der Waals surface area contributed by atoms with Crippen LogP contribution < -0.4 is 5.32 Å². The first-order valence-corrected chi connectivity index (χ1v) is 7.13. The number of hydrogen-bond acceptors (Lipinski definition) is 3. The highest BCUT2D eigenvalue weighted by molar-refractivity contribution is 9.10. The Morgan fingerprint density at radius 2 is 2.00 bits per heavy atom. The van der Waals surface area contributed by atoms with Crippen molar-refractivity contribution in [3.05, 3.63) is 34.1 Å². The van der Waals surface area contributed by atoms with Crippen LogP contribution in [-0.4, -0.2) is 48.7 Å². The number of hydrogen-bond donors (Lipinski definition) is 2. The van der Waals surface area contributed by atoms with Crippen molar-refractivity contribution in [2.75, 3.05) is 32.8 Å². The molecule has 1 heterocycles. The molecule has 0 aromatic heterocycles. The smallest absolute Gasteiger partial charge is 0.289 e. The van der Waals surface area contributed by atoms with Crippen LogP contribution in [0.2, 0.25) is 0 Å². The summed E-state index contributed by atoms with van der Waals surface area (Å²) in [5, 5.41) is 12.1. The molecule has 1 aromatic rings. The fraction of sp³-hybridized carbons (Fsp3) is 0.538. The summed E-state index contributed by atoms with van der Waals surface area (Å²) in [6, 6.07) is 2.65. The van der Waals surface area contributed by atoms with E-state index in [1.165, 1.54) is 12.1 Å². The molecule has 112 valence electrons. The molecule has 7 heteroatoms. The number of rotatable bonds is 4. The van der Waals surface area contributed by atoms with E-state index in [1.807, 2.05) is 0 Å². The molecule has 0 spiro atoms. The van der Waals surface area contributed by atoms with Crippen molar-refractivity contribution in [1.29, 1.82) is 0 Å². The molecule has 0 radical (unpaired) electrons. The third-order valence-corrected chi connectivity index (χ3v) is 4.03. The molecule has 0 saturated carbocycles. The van der Waals surface area contributed by atoms with Gasteiger partial charge in [-0.15, -0.1) is 0 Å². The van der Waals surface area contributed by atoms with E-state index in [2.05, 4.69) is 21.2 Å². The minimum atomic E-state index is -3.32. The van der Waals surface area contributed by atoms with Crippen LogP contribution in [0.5, 0.6) is 0 Å². The number of piperazine rings is 1. The monoisotopic (exact) mass is 352 g/mol. The SMILES string of the molecule is OCC(F)(F)[C@H](c1ccc(Br)c(F)c1)N1CCNCC1. The summed E-state index contributed by atoms with van der Waals surface area (Å²) in [4.78, 5) is 1.58. The molecule has 0 bridgehead atoms. The largest absolute Gasteiger partial charge is 0.390 e. The molecule has 1 aliphatic heterocycles. The standard InChI is InChI=1S/C13H16BrF3N2O/c14-10-2-1-9(7-11(10)15)12(13(16,17)8-20)19-5-3-18-4-6-19/h1-2,7,12,18,20H,3-6,8H2/t12-/m0/s1. The summed E-state index contributed by atoms with van der Waals surface area (Å²) in [6.07, 6.45) is 0. The van der Waals surface area contributed by atoms with Crippen molar-refractivity contribution in [1.82, 2.24) is 10.2 Å². The summed E-state index contributed by atoms with van der Waals surface area (Å²) >= 11 is 3.01. The quantitative estimate of drug-likeness (QED) is 0.871. The van der Waals surface area contributed by atoms with Crippen LogP contribution in [0.15, 0.2) is 22.7 Å². The molecule has 20 heavy (non-hydrogen) atoms. The summed E-state index contributed by atoms with van der Waals surface area (Å²) in [7, 11) is 0. The molecule has 1 fully saturated rings. The topological polar surface area (TPSA) is 35.5 Å². The van der Waals surface area contributed by atoms with E-state index < -0.39 is 24.4 Å². The molecule has 0 aliphatic carbocycles. The van der Waals surface area contributed by atoms with Gasteiger partial charge in [0.05, 0.1) is 4.47 Å². The summed E-state index contributed by atoms with van der Waals surface area (Å²) in [6.45, 7) is 0.781. The Labute approximate surface area is 123 Å². The number of benzene rings is 1. The first-order chi connectivity index (χ1) is 9.45. The summed E-state index contributed by atoms with van der Waals surface area (Å²) < 4.78 is 42.0. The van der Waals surface area contributed by atoms with Crippen LogP contribution >= 0.6 is 15.9 Å². The van der Waals surface area contributed by atoms with Crippen molar-refractivity contribution in [2.45, 2.75) is 12.0 Å². The van der Waals surface area contributed by atoms with E-state index in [-0.39, 0.29) is 10.0 Å². The van der Waals surface area contributed by atoms with Crippen molar-refractivity contribution in [3.63, 3.8) is 0 Å². The van der Waals surface area contributed by atoms with Crippen molar-refractivity contribution >= 4 is 15.9 Å². The fourth-order valence-corrected chi connectivity index (χ4v) is 2.68. The average Bonchev–Trinajstić information content (AvgIpc) is 2.44. The van der Waals surface area contributed by atoms with Crippen molar-refractivity contribution < 1.29 is 18.3 Å². The van der Waals surface area contributed by atoms with Gasteiger partial charge in [0, 0.05) is 26.2 Å². The second-order valence-corrected chi connectivity index (χ2v) is 5.64. The third-order valence-electron chi connectivity index (χ3n) is 3.39. The number of halogens is 4. The number of nitrogens with one attached hydrogen (secondary N) is 1. The second kappa shape index (κ2) is 6.43. The van der Waals surface area contributed by atoms with Crippen LogP contribution in [0, 0.1) is 5.82 Å². The Bertz CT molecular complexity index is 467. The molecule has 2 rings (SSSR count). The highest BCUT2D eigenvalue weighted by Gasteiger charge is 2.44. The van der Waals surface area contributed by atoms with E-state index in [4.69, 9.17) is 5.11 Å². The first-order valence-electron chi connectivity index (χ1n) is 6.34. The Balaban J connectivity index is 2.36. The lowest BCUT2D eigenvalue weighted by Gasteiger charge is -2.38. The number of nitrogens with zero attached hydrogens (tertiary/aromatic N) is 1. The van der Waals surface area contributed by atoms with E-state index in [0.717, 1.165) is 6.07 Å². The zero-order valence-corrected chi connectivity index (χ0v) is 12.3. The summed E-state index contributed by atoms with van der Waals surface area (Å²) in [5.41, 5.74) is 0.173. The van der Waals surface area contributed by atoms with Gasteiger partial charge in [-0.25, -0.2) is 13.2 Å². The molecule has 2 N–H and O–H groups in total. The number of aliphatic hydroxyl groups excluding tert-OH is 1. The lowest BCUT2D eigenvalue weighted by molar-refractivity contribution is -0.118. The van der Waals surface area contributed by atoms with Crippen molar-refractivity contribution in [2.24, 2.45) is 0 Å². The van der Waals surface area contributed by atoms with Gasteiger partial charge < -0.3 is 10.4 Å². The van der Waals surface area contributed by atoms with E-state index >= 15 is 0 Å². The van der Waals surface area contributed by atoms with Gasteiger partial charge in [-0.3, -0.25) is 4.90 Å². The van der Waals surface area contributed by atoms with E-state index in [0.29, 0.717) is 26.2 Å². The molecule has 1 aromatic carbocycles. The lowest BCUT2D eigenvalue weighted by Crippen LogP contribution is -2.51. The zero-order chi connectivity index (χ0) is 14.8. The Kier molecular flexibility index (Phi) is 5.06. The maximum Gasteiger partial charge on any atom is 0.289 e. The van der Waals surface area contributed by atoms with Crippen LogP contribution in [0.25, 0.3) is 0 Å². The fourth-order valence-electron chi connectivity index (χ4n) is 2.43. The van der Waals surface area contributed by atoms with E-state index in [1.54, 1.807) is 4.90 Å². The van der Waals surface area contributed by atoms with Gasteiger partial charge >= 0.3 is 0 Å². The highest BCUT2D eigenvalue weighted by Crippen LogP contribution is 2.37. The Hall–Kier alpha value is -0.630. The minimum absolute atomic E-state index is 0.173. The number of aliphatic hydroxyl groups is 1. The maximum absolute atomic E-state index is 14.1. The van der Waals surface area contributed by atoms with Crippen LogP contribution in [0.3, 0.4) is 0 Å². The Morgan fingerprint density at radius 1 is 1.35 bits per heavy atom. The lowest BCUT2D eigenvalue weighted by atomic mass is 9.98. The first kappa shape index (κ1) is 15.8. The molecule has 0 amide bonds. The van der Waals surface area contributed by atoms with Crippen molar-refractivity contribution in [3.8, 4) is 0 Å². The van der Waals surface area contributed by atoms with Gasteiger partial charge in [0.25, 0.3) is 5.92 Å². The molecule has 1 aliphatic rings. The van der Waals surface area contributed by atoms with Gasteiger partial charge in [-0.2, -0.15) is 0 Å². The molecular formula is C13H16BrF3N2O. The van der Waals surface area contributed by atoms with Gasteiger partial charge in [0.2, 0.25) is 0 Å². The van der Waals surface area contributed by atoms with E-state index in [9.17, 15) is 13.2 Å². The highest BCUT2D eigenvalue weighted by atomic mass is 79.9. The van der Waals surface area contributed by atoms with Crippen LogP contribution in [-0.2, 0) is 0 Å². The predicted octanol–water partition coefficient (Wildman–Crippen LogP) is 2.16. The molecular weight excluding hydrogens is 337 g/mol. The normalized spacial score (nSPS) is 19.1. The van der Waals surface area contributed by atoms with Gasteiger partial charge in [-0.1, -0.05) is 6.07 Å². The maximum atomic E-state index is 14.1.